The average Bonchev–Trinajstić information content (AvgIpc) is 2.41. The van der Waals surface area contributed by atoms with Crippen LogP contribution < -0.4 is 4.74 Å². The van der Waals surface area contributed by atoms with Gasteiger partial charge in [-0.2, -0.15) is 0 Å². The van der Waals surface area contributed by atoms with E-state index in [-0.39, 0.29) is 0 Å². The van der Waals surface area contributed by atoms with E-state index < -0.39 is 5.79 Å². The van der Waals surface area contributed by atoms with Gasteiger partial charge in [-0.05, 0) is 25.3 Å². The van der Waals surface area contributed by atoms with Gasteiger partial charge >= 0.3 is 0 Å². The predicted molar refractivity (Wildman–Crippen MR) is 69.8 cm³/mol. The van der Waals surface area contributed by atoms with Gasteiger partial charge in [-0.15, -0.1) is 11.6 Å². The fourth-order valence-electron chi connectivity index (χ4n) is 2.84. The minimum Gasteiger partial charge on any atom is -0.460 e. The molecule has 1 aromatic heterocycles. The first-order valence-corrected chi connectivity index (χ1v) is 7.14. The Labute approximate surface area is 112 Å². The zero-order chi connectivity index (χ0) is 12.6. The Balaban J connectivity index is 1.96. The predicted octanol–water partition coefficient (Wildman–Crippen LogP) is 3.70. The summed E-state index contributed by atoms with van der Waals surface area (Å²) in [7, 11) is 0. The first kappa shape index (κ1) is 12.2. The van der Waals surface area contributed by atoms with Gasteiger partial charge in [-0.25, -0.2) is 0 Å². The highest BCUT2D eigenvalue weighted by Gasteiger charge is 2.40. The SMILES string of the molecule is Cc1ncc(CCl)c2c1OC1(CCCCC1)OC2. The highest BCUT2D eigenvalue weighted by Crippen LogP contribution is 2.42. The molecule has 0 amide bonds. The van der Waals surface area contributed by atoms with Crippen LogP contribution in [0.15, 0.2) is 6.20 Å². The molecule has 0 unspecified atom stereocenters. The number of hydrogen-bond acceptors (Lipinski definition) is 3. The number of ether oxygens (including phenoxy) is 2. The third-order valence-electron chi connectivity index (χ3n) is 3.93. The molecular formula is C14H18ClNO2. The molecule has 0 aromatic carbocycles. The fourth-order valence-corrected chi connectivity index (χ4v) is 3.07. The molecule has 1 aliphatic heterocycles. The summed E-state index contributed by atoms with van der Waals surface area (Å²) in [5.74, 6) is 0.958. The van der Waals surface area contributed by atoms with E-state index >= 15 is 0 Å². The summed E-state index contributed by atoms with van der Waals surface area (Å²) in [6, 6.07) is 0. The second kappa shape index (κ2) is 4.71. The van der Waals surface area contributed by atoms with Crippen LogP contribution in [0.2, 0.25) is 0 Å². The lowest BCUT2D eigenvalue weighted by atomic mass is 9.93. The van der Waals surface area contributed by atoms with Gasteiger partial charge in [0.2, 0.25) is 5.79 Å². The number of nitrogens with zero attached hydrogens (tertiary/aromatic N) is 1. The molecule has 0 saturated heterocycles. The zero-order valence-corrected chi connectivity index (χ0v) is 11.4. The van der Waals surface area contributed by atoms with E-state index in [1.54, 1.807) is 0 Å². The summed E-state index contributed by atoms with van der Waals surface area (Å²) in [5, 5.41) is 0. The molecule has 0 radical (unpaired) electrons. The summed E-state index contributed by atoms with van der Waals surface area (Å²) in [4.78, 5) is 4.38. The highest BCUT2D eigenvalue weighted by atomic mass is 35.5. The normalized spacial score (nSPS) is 21.4. The van der Waals surface area contributed by atoms with Crippen molar-refractivity contribution in [3.05, 3.63) is 23.0 Å². The van der Waals surface area contributed by atoms with Crippen molar-refractivity contribution in [2.45, 2.75) is 57.3 Å². The Bertz CT molecular complexity index is 455. The van der Waals surface area contributed by atoms with Gasteiger partial charge in [0.25, 0.3) is 0 Å². The molecule has 0 atom stereocenters. The number of aromatic nitrogens is 1. The Hall–Kier alpha value is -0.800. The van der Waals surface area contributed by atoms with Crippen LogP contribution in [-0.4, -0.2) is 10.8 Å². The largest absolute Gasteiger partial charge is 0.460 e. The van der Waals surface area contributed by atoms with E-state index in [9.17, 15) is 0 Å². The monoisotopic (exact) mass is 267 g/mol. The van der Waals surface area contributed by atoms with E-state index in [4.69, 9.17) is 21.1 Å². The maximum absolute atomic E-state index is 6.19. The van der Waals surface area contributed by atoms with Gasteiger partial charge in [0.05, 0.1) is 12.3 Å². The van der Waals surface area contributed by atoms with Crippen LogP contribution in [0.4, 0.5) is 0 Å². The molecule has 1 saturated carbocycles. The fraction of sp³-hybridized carbons (Fsp3) is 0.643. The number of hydrogen-bond donors (Lipinski definition) is 0. The van der Waals surface area contributed by atoms with E-state index in [1.165, 1.54) is 19.3 Å². The minimum atomic E-state index is -0.400. The van der Waals surface area contributed by atoms with Crippen LogP contribution >= 0.6 is 11.6 Å². The maximum atomic E-state index is 6.19. The van der Waals surface area contributed by atoms with Crippen LogP contribution in [0.1, 0.15) is 48.9 Å². The molecule has 1 aromatic rings. The lowest BCUT2D eigenvalue weighted by Gasteiger charge is -2.41. The van der Waals surface area contributed by atoms with Crippen molar-refractivity contribution in [1.29, 1.82) is 0 Å². The van der Waals surface area contributed by atoms with Crippen molar-refractivity contribution in [1.82, 2.24) is 4.98 Å². The smallest absolute Gasteiger partial charge is 0.210 e. The number of halogens is 1. The van der Waals surface area contributed by atoms with Crippen LogP contribution in [0.25, 0.3) is 0 Å². The lowest BCUT2D eigenvalue weighted by Crippen LogP contribution is -2.44. The molecule has 2 aliphatic rings. The summed E-state index contributed by atoms with van der Waals surface area (Å²) < 4.78 is 12.2. The zero-order valence-electron chi connectivity index (χ0n) is 10.7. The van der Waals surface area contributed by atoms with Gasteiger partial charge in [0, 0.05) is 30.5 Å². The van der Waals surface area contributed by atoms with Crippen LogP contribution in [0.3, 0.4) is 0 Å². The molecule has 4 heteroatoms. The molecule has 0 N–H and O–H groups in total. The third kappa shape index (κ3) is 1.99. The van der Waals surface area contributed by atoms with Gasteiger partial charge in [0.15, 0.2) is 0 Å². The summed E-state index contributed by atoms with van der Waals surface area (Å²) >= 11 is 5.94. The maximum Gasteiger partial charge on any atom is 0.210 e. The number of aryl methyl sites for hydroxylation is 1. The van der Waals surface area contributed by atoms with Crippen molar-refractivity contribution < 1.29 is 9.47 Å². The quantitative estimate of drug-likeness (QED) is 0.727. The second-order valence-electron chi connectivity index (χ2n) is 5.17. The Morgan fingerprint density at radius 3 is 2.83 bits per heavy atom. The van der Waals surface area contributed by atoms with E-state index in [0.29, 0.717) is 12.5 Å². The molecule has 1 fully saturated rings. The third-order valence-corrected chi connectivity index (χ3v) is 4.22. The molecule has 3 nitrogen and oxygen atoms in total. The number of fused-ring (bicyclic) bond motifs is 1. The second-order valence-corrected chi connectivity index (χ2v) is 5.44. The van der Waals surface area contributed by atoms with Gasteiger partial charge < -0.3 is 9.47 Å². The van der Waals surface area contributed by atoms with Gasteiger partial charge in [-0.1, -0.05) is 6.42 Å². The lowest BCUT2D eigenvalue weighted by molar-refractivity contribution is -0.222. The molecule has 2 heterocycles. The van der Waals surface area contributed by atoms with Crippen LogP contribution in [0.5, 0.6) is 5.75 Å². The van der Waals surface area contributed by atoms with E-state index in [2.05, 4.69) is 4.98 Å². The molecular weight excluding hydrogens is 250 g/mol. The summed E-state index contributed by atoms with van der Waals surface area (Å²) in [6.45, 7) is 2.58. The van der Waals surface area contributed by atoms with E-state index in [0.717, 1.165) is 35.4 Å². The summed E-state index contributed by atoms with van der Waals surface area (Å²) in [5.41, 5.74) is 3.03. The van der Waals surface area contributed by atoms with Crippen LogP contribution in [0, 0.1) is 6.92 Å². The van der Waals surface area contributed by atoms with Crippen molar-refractivity contribution >= 4 is 11.6 Å². The Morgan fingerprint density at radius 1 is 1.33 bits per heavy atom. The molecule has 18 heavy (non-hydrogen) atoms. The van der Waals surface area contributed by atoms with Crippen molar-refractivity contribution in [2.75, 3.05) is 0 Å². The first-order valence-electron chi connectivity index (χ1n) is 6.60. The van der Waals surface area contributed by atoms with Gasteiger partial charge in [-0.3, -0.25) is 4.98 Å². The topological polar surface area (TPSA) is 31.4 Å². The van der Waals surface area contributed by atoms with E-state index in [1.807, 2.05) is 13.1 Å². The van der Waals surface area contributed by atoms with Crippen molar-refractivity contribution in [3.8, 4) is 5.75 Å². The minimum absolute atomic E-state index is 0.400. The average molecular weight is 268 g/mol. The molecule has 1 spiro atoms. The standard InChI is InChI=1S/C14H18ClNO2/c1-10-13-12(11(7-15)8-16-10)9-17-14(18-13)5-3-2-4-6-14/h8H,2-7,9H2,1H3. The van der Waals surface area contributed by atoms with Gasteiger partial charge in [0.1, 0.15) is 5.75 Å². The Kier molecular flexibility index (Phi) is 3.20. The number of alkyl halides is 1. The molecule has 0 bridgehead atoms. The van der Waals surface area contributed by atoms with Crippen molar-refractivity contribution in [3.63, 3.8) is 0 Å². The van der Waals surface area contributed by atoms with Crippen LogP contribution in [-0.2, 0) is 17.2 Å². The van der Waals surface area contributed by atoms with Crippen molar-refractivity contribution in [2.24, 2.45) is 0 Å². The molecule has 98 valence electrons. The summed E-state index contributed by atoms with van der Waals surface area (Å²) in [6.07, 6.45) is 7.43. The molecule has 1 aliphatic carbocycles. The number of pyridine rings is 1. The number of rotatable bonds is 1. The first-order chi connectivity index (χ1) is 8.74. The molecule has 3 rings (SSSR count). The highest BCUT2D eigenvalue weighted by molar-refractivity contribution is 6.17. The Morgan fingerprint density at radius 2 is 2.11 bits per heavy atom.